The van der Waals surface area contributed by atoms with Crippen LogP contribution in [0.5, 0.6) is 0 Å². The molecule has 1 aromatic rings. The first-order valence-electron chi connectivity index (χ1n) is 9.49. The van der Waals surface area contributed by atoms with Crippen molar-refractivity contribution < 1.29 is 14.4 Å². The molecule has 5 heteroatoms. The van der Waals surface area contributed by atoms with Crippen LogP contribution in [0.25, 0.3) is 0 Å². The minimum atomic E-state index is -0.880. The second-order valence-corrected chi connectivity index (χ2v) is 8.06. The van der Waals surface area contributed by atoms with Gasteiger partial charge in [0.15, 0.2) is 5.78 Å². The third kappa shape index (κ3) is 3.15. The average molecular weight is 356 g/mol. The Balaban J connectivity index is 1.81. The average Bonchev–Trinajstić information content (AvgIpc) is 2.79. The van der Waals surface area contributed by atoms with Gasteiger partial charge in [0.1, 0.15) is 5.54 Å². The molecule has 1 aliphatic carbocycles. The zero-order valence-electron chi connectivity index (χ0n) is 16.1. The lowest BCUT2D eigenvalue weighted by Crippen LogP contribution is -2.51. The van der Waals surface area contributed by atoms with Crippen molar-refractivity contribution in [1.82, 2.24) is 10.2 Å². The van der Waals surface area contributed by atoms with Crippen molar-refractivity contribution in [3.8, 4) is 0 Å². The molecule has 26 heavy (non-hydrogen) atoms. The van der Waals surface area contributed by atoms with Crippen LogP contribution in [-0.4, -0.2) is 34.7 Å². The molecular weight excluding hydrogens is 328 g/mol. The topological polar surface area (TPSA) is 66.5 Å². The highest BCUT2D eigenvalue weighted by atomic mass is 16.2. The van der Waals surface area contributed by atoms with Gasteiger partial charge in [-0.15, -0.1) is 0 Å². The second-order valence-electron chi connectivity index (χ2n) is 8.06. The van der Waals surface area contributed by atoms with E-state index in [1.165, 1.54) is 6.42 Å². The number of Topliss-reactive ketones (excluding diaryl/α,β-unsaturated/α-hetero) is 1. The molecular formula is C21H28N2O3. The second kappa shape index (κ2) is 6.86. The molecule has 0 aromatic heterocycles. The van der Waals surface area contributed by atoms with Gasteiger partial charge in [-0.2, -0.15) is 0 Å². The highest BCUT2D eigenvalue weighted by Crippen LogP contribution is 2.36. The van der Waals surface area contributed by atoms with E-state index in [1.54, 1.807) is 0 Å². The van der Waals surface area contributed by atoms with Crippen LogP contribution in [0, 0.1) is 26.7 Å². The fraction of sp³-hybridized carbons (Fsp3) is 0.571. The van der Waals surface area contributed by atoms with E-state index in [0.717, 1.165) is 47.3 Å². The fourth-order valence-corrected chi connectivity index (χ4v) is 4.66. The van der Waals surface area contributed by atoms with Gasteiger partial charge < -0.3 is 5.32 Å². The maximum absolute atomic E-state index is 13.0. The van der Waals surface area contributed by atoms with Crippen LogP contribution in [0.1, 0.15) is 66.1 Å². The number of aryl methyl sites for hydroxylation is 3. The van der Waals surface area contributed by atoms with E-state index in [9.17, 15) is 14.4 Å². The summed E-state index contributed by atoms with van der Waals surface area (Å²) in [4.78, 5) is 39.5. The first-order chi connectivity index (χ1) is 12.2. The van der Waals surface area contributed by atoms with Crippen molar-refractivity contribution >= 4 is 17.7 Å². The van der Waals surface area contributed by atoms with Crippen LogP contribution in [-0.2, 0) is 4.79 Å². The first kappa shape index (κ1) is 18.6. The normalized spacial score (nSPS) is 24.1. The van der Waals surface area contributed by atoms with E-state index in [-0.39, 0.29) is 24.2 Å². The van der Waals surface area contributed by atoms with E-state index < -0.39 is 11.6 Å². The van der Waals surface area contributed by atoms with Crippen LogP contribution in [0.4, 0.5) is 4.79 Å². The lowest BCUT2D eigenvalue weighted by molar-refractivity contribution is -0.132. The number of carbonyl (C=O) groups is 3. The van der Waals surface area contributed by atoms with Crippen molar-refractivity contribution in [2.24, 2.45) is 5.92 Å². The number of amides is 3. The van der Waals surface area contributed by atoms with Crippen LogP contribution in [0.15, 0.2) is 12.1 Å². The SMILES string of the molecule is Cc1cc(C)c(C(=O)CN2C(=O)N[C@@](C)(C3CCCCC3)C2=O)c(C)c1. The number of benzene rings is 1. The minimum Gasteiger partial charge on any atom is -0.323 e. The lowest BCUT2D eigenvalue weighted by atomic mass is 9.75. The Kier molecular flexibility index (Phi) is 4.91. The highest BCUT2D eigenvalue weighted by molar-refractivity contribution is 6.11. The van der Waals surface area contributed by atoms with Gasteiger partial charge in [-0.1, -0.05) is 37.0 Å². The minimum absolute atomic E-state index is 0.149. The number of urea groups is 1. The summed E-state index contributed by atoms with van der Waals surface area (Å²) >= 11 is 0. The molecule has 0 spiro atoms. The van der Waals surface area contributed by atoms with Crippen LogP contribution in [0.2, 0.25) is 0 Å². The molecule has 0 bridgehead atoms. The Morgan fingerprint density at radius 3 is 2.27 bits per heavy atom. The number of nitrogens with zero attached hydrogens (tertiary/aromatic N) is 1. The number of rotatable bonds is 4. The predicted molar refractivity (Wildman–Crippen MR) is 100 cm³/mol. The van der Waals surface area contributed by atoms with Gasteiger partial charge >= 0.3 is 6.03 Å². The first-order valence-corrected chi connectivity index (χ1v) is 9.49. The summed E-state index contributed by atoms with van der Waals surface area (Å²) in [6.45, 7) is 7.39. The largest absolute Gasteiger partial charge is 0.325 e. The molecule has 2 aliphatic rings. The molecule has 1 saturated heterocycles. The molecule has 0 radical (unpaired) electrons. The Bertz CT molecular complexity index is 742. The van der Waals surface area contributed by atoms with Gasteiger partial charge in [-0.3, -0.25) is 14.5 Å². The molecule has 3 rings (SSSR count). The Hall–Kier alpha value is -2.17. The maximum Gasteiger partial charge on any atom is 0.325 e. The Morgan fingerprint density at radius 1 is 1.12 bits per heavy atom. The number of hydrogen-bond donors (Lipinski definition) is 1. The number of ketones is 1. The standard InChI is InChI=1S/C21H28N2O3/c1-13-10-14(2)18(15(3)11-13)17(24)12-23-19(25)21(4,22-20(23)26)16-8-6-5-7-9-16/h10-11,16H,5-9,12H2,1-4H3,(H,22,26)/t21-/m0/s1. The molecule has 0 unspecified atom stereocenters. The van der Waals surface area contributed by atoms with Gasteiger partial charge in [-0.25, -0.2) is 4.79 Å². The van der Waals surface area contributed by atoms with Gasteiger partial charge in [0.05, 0.1) is 6.54 Å². The smallest absolute Gasteiger partial charge is 0.323 e. The van der Waals surface area contributed by atoms with E-state index in [0.29, 0.717) is 5.56 Å². The monoisotopic (exact) mass is 356 g/mol. The van der Waals surface area contributed by atoms with E-state index in [1.807, 2.05) is 39.8 Å². The molecule has 1 N–H and O–H groups in total. The number of imide groups is 1. The number of hydrogen-bond acceptors (Lipinski definition) is 3. The zero-order chi connectivity index (χ0) is 19.1. The van der Waals surface area contributed by atoms with Gasteiger partial charge in [0, 0.05) is 5.56 Å². The predicted octanol–water partition coefficient (Wildman–Crippen LogP) is 3.69. The summed E-state index contributed by atoms with van der Waals surface area (Å²) in [6, 6.07) is 3.47. The molecule has 5 nitrogen and oxygen atoms in total. The molecule has 3 amide bonds. The molecule has 2 fully saturated rings. The molecule has 1 aliphatic heterocycles. The van der Waals surface area contributed by atoms with E-state index in [4.69, 9.17) is 0 Å². The van der Waals surface area contributed by atoms with E-state index in [2.05, 4.69) is 5.32 Å². The molecule has 1 heterocycles. The summed E-state index contributed by atoms with van der Waals surface area (Å²) in [5, 5.41) is 2.88. The summed E-state index contributed by atoms with van der Waals surface area (Å²) in [5.41, 5.74) is 2.60. The molecule has 140 valence electrons. The number of nitrogens with one attached hydrogen (secondary N) is 1. The summed E-state index contributed by atoms with van der Waals surface area (Å²) in [7, 11) is 0. The number of carbonyl (C=O) groups excluding carboxylic acids is 3. The zero-order valence-corrected chi connectivity index (χ0v) is 16.1. The molecule has 1 aromatic carbocycles. The van der Waals surface area contributed by atoms with Crippen molar-refractivity contribution in [1.29, 1.82) is 0 Å². The van der Waals surface area contributed by atoms with Gasteiger partial charge in [0.2, 0.25) is 0 Å². The van der Waals surface area contributed by atoms with Gasteiger partial charge in [-0.05, 0) is 57.6 Å². The highest BCUT2D eigenvalue weighted by Gasteiger charge is 2.52. The lowest BCUT2D eigenvalue weighted by Gasteiger charge is -2.34. The van der Waals surface area contributed by atoms with Crippen molar-refractivity contribution in [3.05, 3.63) is 34.4 Å². The van der Waals surface area contributed by atoms with Crippen LogP contribution in [0.3, 0.4) is 0 Å². The Morgan fingerprint density at radius 2 is 1.69 bits per heavy atom. The third-order valence-corrected chi connectivity index (χ3v) is 5.98. The summed E-state index contributed by atoms with van der Waals surface area (Å²) in [6.07, 6.45) is 5.25. The van der Waals surface area contributed by atoms with Crippen molar-refractivity contribution in [2.45, 2.75) is 65.3 Å². The summed E-state index contributed by atoms with van der Waals surface area (Å²) < 4.78 is 0. The van der Waals surface area contributed by atoms with Crippen molar-refractivity contribution in [2.75, 3.05) is 6.54 Å². The fourth-order valence-electron chi connectivity index (χ4n) is 4.66. The van der Waals surface area contributed by atoms with Gasteiger partial charge in [0.25, 0.3) is 5.91 Å². The third-order valence-electron chi connectivity index (χ3n) is 5.98. The van der Waals surface area contributed by atoms with Crippen LogP contribution < -0.4 is 5.32 Å². The molecule has 1 saturated carbocycles. The van der Waals surface area contributed by atoms with Crippen LogP contribution >= 0.6 is 0 Å². The Labute approximate surface area is 155 Å². The van der Waals surface area contributed by atoms with Crippen molar-refractivity contribution in [3.63, 3.8) is 0 Å². The quantitative estimate of drug-likeness (QED) is 0.661. The summed E-state index contributed by atoms with van der Waals surface area (Å²) in [5.74, 6) is -0.294. The van der Waals surface area contributed by atoms with E-state index >= 15 is 0 Å². The maximum atomic E-state index is 13.0. The molecule has 1 atom stereocenters.